The quantitative estimate of drug-likeness (QED) is 0.305. The van der Waals surface area contributed by atoms with Crippen LogP contribution in [0.3, 0.4) is 0 Å². The molecule has 76 valence electrons. The van der Waals surface area contributed by atoms with Crippen molar-refractivity contribution in [1.29, 1.82) is 0 Å². The van der Waals surface area contributed by atoms with Gasteiger partial charge in [-0.1, -0.05) is 6.58 Å². The van der Waals surface area contributed by atoms with Gasteiger partial charge in [0.1, 0.15) is 14.9 Å². The fourth-order valence-electron chi connectivity index (χ4n) is 0.778. The van der Waals surface area contributed by atoms with Crippen molar-refractivity contribution in [2.24, 2.45) is 5.73 Å². The molecule has 0 fully saturated rings. The molecule has 0 aliphatic rings. The average Bonchev–Trinajstić information content (AvgIpc) is 1.98. The Morgan fingerprint density at radius 2 is 2.00 bits per heavy atom. The first kappa shape index (κ1) is 16.7. The van der Waals surface area contributed by atoms with E-state index in [2.05, 4.69) is 6.58 Å². The molecule has 0 aliphatic carbocycles. The summed E-state index contributed by atoms with van der Waals surface area (Å²) in [6.45, 7) is 5.41. The normalized spacial score (nSPS) is 17.4. The van der Waals surface area contributed by atoms with Gasteiger partial charge in [0.2, 0.25) is 0 Å². The number of rotatable bonds is 4. The molecule has 0 aromatic carbocycles. The molecule has 0 spiro atoms. The Balaban J connectivity index is 0. The number of hydrogen-bond acceptors (Lipinski definition) is 5. The Morgan fingerprint density at radius 3 is 2.07 bits per heavy atom. The van der Waals surface area contributed by atoms with E-state index in [9.17, 15) is 17.8 Å². The first-order valence-corrected chi connectivity index (χ1v) is 4.96. The van der Waals surface area contributed by atoms with Crippen LogP contribution in [0.25, 0.3) is 0 Å². The minimum absolute atomic E-state index is 0. The fraction of sp³-hybridized carbons (Fsp3) is 0.571. The Bertz CT molecular complexity index is 325. The van der Waals surface area contributed by atoms with Crippen LogP contribution in [-0.4, -0.2) is 29.5 Å². The Kier molecular flexibility index (Phi) is 6.43. The average molecular weight is 229 g/mol. The molecule has 0 aromatic rings. The van der Waals surface area contributed by atoms with E-state index in [1.807, 2.05) is 0 Å². The maximum atomic E-state index is 11.1. The van der Waals surface area contributed by atoms with E-state index in [-0.39, 0.29) is 29.6 Å². The van der Waals surface area contributed by atoms with E-state index < -0.39 is 26.7 Å². The monoisotopic (exact) mass is 229 g/mol. The molecule has 2 unspecified atom stereocenters. The summed E-state index contributed by atoms with van der Waals surface area (Å²) < 4.78 is 30.3. The molecule has 14 heavy (non-hydrogen) atoms. The van der Waals surface area contributed by atoms with Crippen molar-refractivity contribution >= 4 is 15.9 Å². The first-order valence-electron chi connectivity index (χ1n) is 3.55. The van der Waals surface area contributed by atoms with Crippen molar-refractivity contribution in [2.45, 2.75) is 24.6 Å². The van der Waals surface area contributed by atoms with E-state index in [4.69, 9.17) is 5.73 Å². The zero-order chi connectivity index (χ0) is 10.9. The third-order valence-corrected chi connectivity index (χ3v) is 3.67. The molecular formula is C7H12NNaO4S. The van der Waals surface area contributed by atoms with Gasteiger partial charge < -0.3 is 10.3 Å². The Labute approximate surface area is 106 Å². The zero-order valence-electron chi connectivity index (χ0n) is 8.48. The third-order valence-electron chi connectivity index (χ3n) is 2.06. The van der Waals surface area contributed by atoms with E-state index in [0.717, 1.165) is 13.0 Å². The number of nitrogens with two attached hydrogens (primary N) is 1. The number of allylic oxidation sites excluding steroid dienone is 1. The van der Waals surface area contributed by atoms with Crippen LogP contribution in [-0.2, 0) is 14.9 Å². The zero-order valence-corrected chi connectivity index (χ0v) is 11.3. The largest absolute Gasteiger partial charge is 1.00 e. The molecule has 0 radical (unpaired) electrons. The van der Waals surface area contributed by atoms with Gasteiger partial charge in [0.25, 0.3) is 0 Å². The topological polar surface area (TPSA) is 100 Å². The van der Waals surface area contributed by atoms with Crippen molar-refractivity contribution in [3.05, 3.63) is 12.7 Å². The van der Waals surface area contributed by atoms with Gasteiger partial charge in [-0.05, 0) is 19.9 Å². The molecular weight excluding hydrogens is 217 g/mol. The second-order valence-electron chi connectivity index (χ2n) is 2.92. The van der Waals surface area contributed by atoms with Gasteiger partial charge in [-0.2, -0.15) is 0 Å². The van der Waals surface area contributed by atoms with Gasteiger partial charge in [-0.15, -0.1) is 0 Å². The number of ketones is 1. The maximum Gasteiger partial charge on any atom is 1.00 e. The van der Waals surface area contributed by atoms with E-state index in [1.54, 1.807) is 0 Å². The van der Waals surface area contributed by atoms with Crippen LogP contribution < -0.4 is 35.3 Å². The van der Waals surface area contributed by atoms with Crippen LogP contribution in [0.4, 0.5) is 0 Å². The second-order valence-corrected chi connectivity index (χ2v) is 4.67. The summed E-state index contributed by atoms with van der Waals surface area (Å²) in [5, 5.41) is 0. The smallest absolute Gasteiger partial charge is 0.747 e. The molecule has 0 saturated carbocycles. The summed E-state index contributed by atoms with van der Waals surface area (Å²) in [6, 6.07) is -1.07. The SMILES string of the molecule is C=CC(=O)C(C)(C(C)N)S(=O)(=O)[O-].[Na+]. The standard InChI is InChI=1S/C7H13NO4S.Na/c1-4-6(9)7(3,5(2)8)13(10,11)12;/h4-5H,1,8H2,2-3H3,(H,10,11,12);/q;+1/p-1. The second kappa shape index (κ2) is 5.39. The van der Waals surface area contributed by atoms with E-state index in [0.29, 0.717) is 0 Å². The fourth-order valence-corrected chi connectivity index (χ4v) is 1.56. The van der Waals surface area contributed by atoms with Crippen LogP contribution in [0.2, 0.25) is 0 Å². The van der Waals surface area contributed by atoms with Gasteiger partial charge in [0, 0.05) is 6.04 Å². The first-order chi connectivity index (χ1) is 5.67. The minimum Gasteiger partial charge on any atom is -0.747 e. The number of hydrogen-bond donors (Lipinski definition) is 1. The van der Waals surface area contributed by atoms with Crippen LogP contribution >= 0.6 is 0 Å². The molecule has 2 N–H and O–H groups in total. The van der Waals surface area contributed by atoms with E-state index >= 15 is 0 Å². The molecule has 0 heterocycles. The molecule has 5 nitrogen and oxygen atoms in total. The molecule has 0 aliphatic heterocycles. The van der Waals surface area contributed by atoms with Gasteiger partial charge >= 0.3 is 29.6 Å². The Hall–Kier alpha value is 0.280. The Morgan fingerprint density at radius 1 is 1.64 bits per heavy atom. The third kappa shape index (κ3) is 2.88. The molecule has 0 amide bonds. The molecule has 0 aromatic heterocycles. The molecule has 0 rings (SSSR count). The van der Waals surface area contributed by atoms with Gasteiger partial charge in [0.05, 0.1) is 0 Å². The number of carbonyl (C=O) groups excluding carboxylic acids is 1. The van der Waals surface area contributed by atoms with Crippen molar-refractivity contribution < 1.29 is 47.3 Å². The predicted molar refractivity (Wildman–Crippen MR) is 47.0 cm³/mol. The van der Waals surface area contributed by atoms with Crippen LogP contribution in [0.15, 0.2) is 12.7 Å². The van der Waals surface area contributed by atoms with E-state index in [1.165, 1.54) is 6.92 Å². The van der Waals surface area contributed by atoms with Crippen LogP contribution in [0.1, 0.15) is 13.8 Å². The molecule has 0 saturated heterocycles. The molecule has 7 heteroatoms. The summed E-state index contributed by atoms with van der Waals surface area (Å²) in [6.07, 6.45) is 0.790. The summed E-state index contributed by atoms with van der Waals surface area (Å²) in [7, 11) is -4.77. The molecule has 2 atom stereocenters. The van der Waals surface area contributed by atoms with Crippen LogP contribution in [0.5, 0.6) is 0 Å². The summed E-state index contributed by atoms with van der Waals surface area (Å²) >= 11 is 0. The predicted octanol–water partition coefficient (Wildman–Crippen LogP) is -3.60. The van der Waals surface area contributed by atoms with Crippen LogP contribution in [0, 0.1) is 0 Å². The summed E-state index contributed by atoms with van der Waals surface area (Å²) in [5.74, 6) is -0.877. The summed E-state index contributed by atoms with van der Waals surface area (Å²) in [5.41, 5.74) is 5.29. The maximum absolute atomic E-state index is 11.1. The molecule has 0 bridgehead atoms. The van der Waals surface area contributed by atoms with Crippen molar-refractivity contribution in [3.63, 3.8) is 0 Å². The number of carbonyl (C=O) groups is 1. The van der Waals surface area contributed by atoms with Gasteiger partial charge in [0.15, 0.2) is 5.78 Å². The summed E-state index contributed by atoms with van der Waals surface area (Å²) in [4.78, 5) is 11.1. The van der Waals surface area contributed by atoms with Gasteiger partial charge in [-0.3, -0.25) is 4.79 Å². The minimum atomic E-state index is -4.77. The van der Waals surface area contributed by atoms with Crippen molar-refractivity contribution in [2.75, 3.05) is 0 Å². The van der Waals surface area contributed by atoms with Crippen molar-refractivity contribution in [3.8, 4) is 0 Å². The van der Waals surface area contributed by atoms with Crippen molar-refractivity contribution in [1.82, 2.24) is 0 Å². The van der Waals surface area contributed by atoms with Gasteiger partial charge in [-0.25, -0.2) is 8.42 Å².